The number of aromatic nitrogens is 2. The van der Waals surface area contributed by atoms with Crippen molar-refractivity contribution in [1.29, 1.82) is 0 Å². The number of anilines is 1. The summed E-state index contributed by atoms with van der Waals surface area (Å²) in [5.41, 5.74) is -0.939. The molecular formula is C20H21ClF3N3O2. The first-order valence-electron chi connectivity index (χ1n) is 9.66. The fraction of sp³-hybridized carbons (Fsp3) is 0.500. The number of hydrogen-bond donors (Lipinski definition) is 0. The summed E-state index contributed by atoms with van der Waals surface area (Å²) in [7, 11) is 0. The van der Waals surface area contributed by atoms with Gasteiger partial charge in [-0.1, -0.05) is 17.7 Å². The van der Waals surface area contributed by atoms with Crippen molar-refractivity contribution in [1.82, 2.24) is 9.78 Å². The van der Waals surface area contributed by atoms with Crippen LogP contribution in [0.25, 0.3) is 5.69 Å². The van der Waals surface area contributed by atoms with Crippen LogP contribution in [0.15, 0.2) is 35.3 Å². The molecule has 1 unspecified atom stereocenters. The fourth-order valence-electron chi connectivity index (χ4n) is 4.13. The Hall–Kier alpha value is -2.06. The molecule has 9 heteroatoms. The molecule has 0 saturated carbocycles. The Morgan fingerprint density at radius 1 is 1.17 bits per heavy atom. The van der Waals surface area contributed by atoms with Crippen molar-refractivity contribution in [3.8, 4) is 5.69 Å². The third-order valence-electron chi connectivity index (χ3n) is 5.69. The van der Waals surface area contributed by atoms with Crippen molar-refractivity contribution in [2.24, 2.45) is 5.92 Å². The highest BCUT2D eigenvalue weighted by molar-refractivity contribution is 6.33. The molecule has 2 aliphatic rings. The maximum Gasteiger partial charge on any atom is 0.416 e. The van der Waals surface area contributed by atoms with Crippen molar-refractivity contribution >= 4 is 17.3 Å². The topological polar surface area (TPSA) is 47.4 Å². The maximum atomic E-state index is 13.0. The molecule has 0 bridgehead atoms. The van der Waals surface area contributed by atoms with Crippen molar-refractivity contribution < 1.29 is 17.9 Å². The molecule has 2 fully saturated rings. The number of ether oxygens (including phenoxy) is 1. The van der Waals surface area contributed by atoms with Crippen LogP contribution in [0.1, 0.15) is 31.2 Å². The Morgan fingerprint density at radius 2 is 1.93 bits per heavy atom. The smallest absolute Gasteiger partial charge is 0.378 e. The van der Waals surface area contributed by atoms with Crippen LogP contribution in [-0.4, -0.2) is 35.6 Å². The number of nitrogens with zero attached hydrogens (tertiary/aromatic N) is 3. The number of rotatable bonds is 3. The average molecular weight is 428 g/mol. The van der Waals surface area contributed by atoms with Crippen LogP contribution in [0.5, 0.6) is 0 Å². The van der Waals surface area contributed by atoms with Crippen molar-refractivity contribution in [3.05, 3.63) is 51.4 Å². The van der Waals surface area contributed by atoms with Gasteiger partial charge in [-0.05, 0) is 49.8 Å². The first-order chi connectivity index (χ1) is 13.8. The van der Waals surface area contributed by atoms with E-state index in [0.717, 1.165) is 62.2 Å². The van der Waals surface area contributed by atoms with Crippen molar-refractivity contribution in [3.63, 3.8) is 0 Å². The van der Waals surface area contributed by atoms with E-state index < -0.39 is 17.3 Å². The lowest BCUT2D eigenvalue weighted by molar-refractivity contribution is -0.137. The third-order valence-corrected chi connectivity index (χ3v) is 6.04. The van der Waals surface area contributed by atoms with Crippen LogP contribution in [-0.2, 0) is 10.9 Å². The van der Waals surface area contributed by atoms with Gasteiger partial charge in [-0.2, -0.15) is 23.0 Å². The summed E-state index contributed by atoms with van der Waals surface area (Å²) in [6.45, 7) is 2.30. The molecule has 0 amide bonds. The van der Waals surface area contributed by atoms with Crippen LogP contribution in [0, 0.1) is 5.92 Å². The van der Waals surface area contributed by atoms with Crippen LogP contribution < -0.4 is 10.5 Å². The average Bonchev–Trinajstić information content (AvgIpc) is 3.24. The second-order valence-electron chi connectivity index (χ2n) is 7.48. The van der Waals surface area contributed by atoms with Gasteiger partial charge in [0.1, 0.15) is 5.02 Å². The molecule has 1 aromatic heterocycles. The predicted molar refractivity (Wildman–Crippen MR) is 104 cm³/mol. The Balaban J connectivity index is 1.55. The molecule has 0 spiro atoms. The van der Waals surface area contributed by atoms with Crippen LogP contribution >= 0.6 is 11.6 Å². The van der Waals surface area contributed by atoms with Crippen LogP contribution in [0.2, 0.25) is 5.02 Å². The Morgan fingerprint density at radius 3 is 2.59 bits per heavy atom. The van der Waals surface area contributed by atoms with E-state index in [-0.39, 0.29) is 10.7 Å². The van der Waals surface area contributed by atoms with E-state index in [9.17, 15) is 18.0 Å². The van der Waals surface area contributed by atoms with E-state index in [2.05, 4.69) is 5.10 Å². The minimum atomic E-state index is -4.50. The number of piperidine rings is 1. The second-order valence-corrected chi connectivity index (χ2v) is 7.86. The van der Waals surface area contributed by atoms with E-state index in [0.29, 0.717) is 17.7 Å². The van der Waals surface area contributed by atoms with Crippen molar-refractivity contribution in [2.75, 3.05) is 24.6 Å². The van der Waals surface area contributed by atoms with Gasteiger partial charge in [-0.3, -0.25) is 4.79 Å². The van der Waals surface area contributed by atoms with Gasteiger partial charge in [0.25, 0.3) is 5.56 Å². The number of hydrogen-bond acceptors (Lipinski definition) is 4. The summed E-state index contributed by atoms with van der Waals surface area (Å²) in [6.07, 6.45) is 1.36. The minimum absolute atomic E-state index is 0.0235. The zero-order valence-electron chi connectivity index (χ0n) is 15.7. The summed E-state index contributed by atoms with van der Waals surface area (Å²) in [5, 5.41) is 4.06. The molecule has 5 nitrogen and oxygen atoms in total. The summed E-state index contributed by atoms with van der Waals surface area (Å²) in [5.74, 6) is 0.506. The summed E-state index contributed by atoms with van der Waals surface area (Å²) in [4.78, 5) is 14.7. The second kappa shape index (κ2) is 7.99. The lowest BCUT2D eigenvalue weighted by Crippen LogP contribution is -2.39. The first kappa shape index (κ1) is 20.2. The summed E-state index contributed by atoms with van der Waals surface area (Å²) in [6, 6.07) is 4.47. The van der Waals surface area contributed by atoms with Gasteiger partial charge < -0.3 is 9.64 Å². The highest BCUT2D eigenvalue weighted by Gasteiger charge is 2.32. The van der Waals surface area contributed by atoms with E-state index in [1.54, 1.807) is 0 Å². The Bertz CT molecular complexity index is 933. The van der Waals surface area contributed by atoms with E-state index >= 15 is 0 Å². The van der Waals surface area contributed by atoms with Gasteiger partial charge in [-0.15, -0.1) is 0 Å². The maximum absolute atomic E-state index is 13.0. The monoisotopic (exact) mass is 427 g/mol. The van der Waals surface area contributed by atoms with Crippen molar-refractivity contribution in [2.45, 2.75) is 38.0 Å². The zero-order valence-corrected chi connectivity index (χ0v) is 16.4. The van der Waals surface area contributed by atoms with Gasteiger partial charge >= 0.3 is 6.18 Å². The Labute approximate surface area is 171 Å². The molecular weight excluding hydrogens is 407 g/mol. The highest BCUT2D eigenvalue weighted by atomic mass is 35.5. The zero-order chi connectivity index (χ0) is 20.6. The molecule has 0 aliphatic carbocycles. The van der Waals surface area contributed by atoms with E-state index in [4.69, 9.17) is 16.3 Å². The van der Waals surface area contributed by atoms with Gasteiger partial charge in [0.15, 0.2) is 0 Å². The number of alkyl halides is 3. The van der Waals surface area contributed by atoms with E-state index in [1.807, 2.05) is 4.90 Å². The minimum Gasteiger partial charge on any atom is -0.378 e. The molecule has 29 heavy (non-hydrogen) atoms. The summed E-state index contributed by atoms with van der Waals surface area (Å²) >= 11 is 6.31. The van der Waals surface area contributed by atoms with Crippen LogP contribution in [0.4, 0.5) is 18.9 Å². The summed E-state index contributed by atoms with van der Waals surface area (Å²) < 4.78 is 45.6. The van der Waals surface area contributed by atoms with E-state index in [1.165, 1.54) is 18.3 Å². The Kier molecular flexibility index (Phi) is 5.57. The standard InChI is InChI=1S/C20H21ClF3N3O2/c21-18-16(26-8-6-13(7-9-26)17-5-2-10-29-17)12-25-27(19(18)28)15-4-1-3-14(11-15)20(22,23)24/h1,3-4,11-13,17H,2,5-10H2. The molecule has 3 heterocycles. The quantitative estimate of drug-likeness (QED) is 0.732. The highest BCUT2D eigenvalue weighted by Crippen LogP contribution is 2.33. The third kappa shape index (κ3) is 4.14. The number of benzene rings is 1. The fourth-order valence-corrected chi connectivity index (χ4v) is 4.38. The van der Waals surface area contributed by atoms with Gasteiger partial charge in [0.05, 0.1) is 29.2 Å². The molecule has 1 aromatic carbocycles. The predicted octanol–water partition coefficient (Wildman–Crippen LogP) is 4.30. The first-order valence-corrected chi connectivity index (χ1v) is 10.0. The number of halogens is 4. The molecule has 2 aliphatic heterocycles. The normalized spacial score (nSPS) is 21.0. The van der Waals surface area contributed by atoms with Gasteiger partial charge in [0, 0.05) is 19.7 Å². The molecule has 156 valence electrons. The molecule has 4 rings (SSSR count). The lowest BCUT2D eigenvalue weighted by atomic mass is 9.89. The SMILES string of the molecule is O=c1c(Cl)c(N2CCC(C3CCCO3)CC2)cnn1-c1cccc(C(F)(F)F)c1. The molecule has 2 saturated heterocycles. The lowest BCUT2D eigenvalue weighted by Gasteiger charge is -2.35. The van der Waals surface area contributed by atoms with Crippen LogP contribution in [0.3, 0.4) is 0 Å². The molecule has 0 radical (unpaired) electrons. The molecule has 2 aromatic rings. The largest absolute Gasteiger partial charge is 0.416 e. The molecule has 0 N–H and O–H groups in total. The van der Waals surface area contributed by atoms with Gasteiger partial charge in [0.2, 0.25) is 0 Å². The van der Waals surface area contributed by atoms with Gasteiger partial charge in [-0.25, -0.2) is 0 Å². The molecule has 1 atom stereocenters.